The minimum absolute atomic E-state index is 0. The van der Waals surface area contributed by atoms with Gasteiger partial charge in [0.1, 0.15) is 17.9 Å². The van der Waals surface area contributed by atoms with Crippen LogP contribution in [-0.4, -0.2) is 77.7 Å². The molecule has 216 valence electrons. The van der Waals surface area contributed by atoms with Crippen LogP contribution in [0.2, 0.25) is 0 Å². The van der Waals surface area contributed by atoms with Gasteiger partial charge >= 0.3 is 0 Å². The van der Waals surface area contributed by atoms with Gasteiger partial charge in [0, 0.05) is 25.7 Å². The molecule has 40 heavy (non-hydrogen) atoms. The summed E-state index contributed by atoms with van der Waals surface area (Å²) in [5.74, 6) is -1.49. The van der Waals surface area contributed by atoms with Gasteiger partial charge in [-0.3, -0.25) is 19.2 Å². The first kappa shape index (κ1) is 31.0. The molecule has 2 fully saturated rings. The van der Waals surface area contributed by atoms with Gasteiger partial charge < -0.3 is 25.8 Å². The Bertz CT molecular complexity index is 1180. The molecule has 4 rings (SSSR count). The summed E-state index contributed by atoms with van der Waals surface area (Å²) in [6.45, 7) is 2.34. The normalized spacial score (nSPS) is 21.4. The van der Waals surface area contributed by atoms with Gasteiger partial charge in [0.2, 0.25) is 23.6 Å². The van der Waals surface area contributed by atoms with Crippen LogP contribution in [0.25, 0.3) is 0 Å². The Morgan fingerprint density at radius 3 is 2.38 bits per heavy atom. The van der Waals surface area contributed by atoms with Crippen molar-refractivity contribution in [2.45, 2.75) is 63.3 Å². The smallest absolute Gasteiger partial charge is 0.247 e. The SMILES string of the molecule is CN[C@@H](C)C(=O)N[C@H]1CN(C(=O)Cc2ccccc2)CC[C@H]2CC[C@@H](C(=O)NCc3ccc(F)cc3)N2C1=O.Cl. The zero-order valence-corrected chi connectivity index (χ0v) is 23.6. The lowest BCUT2D eigenvalue weighted by Gasteiger charge is -2.39. The van der Waals surface area contributed by atoms with Crippen molar-refractivity contribution in [3.63, 3.8) is 0 Å². The number of carbonyl (C=O) groups is 4. The maximum Gasteiger partial charge on any atom is 0.247 e. The van der Waals surface area contributed by atoms with Crippen molar-refractivity contribution in [3.8, 4) is 0 Å². The number of hydrogen-bond acceptors (Lipinski definition) is 5. The van der Waals surface area contributed by atoms with E-state index in [1.807, 2.05) is 30.3 Å². The van der Waals surface area contributed by atoms with E-state index in [4.69, 9.17) is 0 Å². The Hall–Kier alpha value is -3.50. The standard InChI is InChI=1S/C29H36FN5O4.ClH/c1-19(31-2)27(37)33-24-18-34(26(36)16-20-6-4-3-5-7-20)15-14-23-12-13-25(35(23)29(24)39)28(38)32-17-21-8-10-22(30)11-9-21;/h3-11,19,23-25,31H,12-18H2,1-2H3,(H,32,38)(H,33,37);1H/t19-,23+,24-,25-;/m0./s1. The van der Waals surface area contributed by atoms with Crippen LogP contribution >= 0.6 is 12.4 Å². The highest BCUT2D eigenvalue weighted by molar-refractivity contribution is 5.94. The number of carbonyl (C=O) groups excluding carboxylic acids is 4. The lowest BCUT2D eigenvalue weighted by atomic mass is 10.0. The van der Waals surface area contributed by atoms with E-state index in [9.17, 15) is 23.6 Å². The average Bonchev–Trinajstić information content (AvgIpc) is 3.36. The van der Waals surface area contributed by atoms with Gasteiger partial charge in [-0.15, -0.1) is 12.4 Å². The van der Waals surface area contributed by atoms with Crippen LogP contribution in [-0.2, 0) is 32.1 Å². The van der Waals surface area contributed by atoms with Crippen molar-refractivity contribution in [1.29, 1.82) is 0 Å². The van der Waals surface area contributed by atoms with Gasteiger partial charge in [-0.25, -0.2) is 4.39 Å². The predicted molar refractivity (Wildman–Crippen MR) is 151 cm³/mol. The Balaban J connectivity index is 0.00000441. The van der Waals surface area contributed by atoms with Crippen molar-refractivity contribution in [1.82, 2.24) is 25.8 Å². The van der Waals surface area contributed by atoms with Crippen LogP contribution in [0.15, 0.2) is 54.6 Å². The highest BCUT2D eigenvalue weighted by Gasteiger charge is 2.45. The molecule has 2 aromatic rings. The number of fused-ring (bicyclic) bond motifs is 1. The van der Waals surface area contributed by atoms with Crippen molar-refractivity contribution >= 4 is 36.0 Å². The predicted octanol–water partition coefficient (Wildman–Crippen LogP) is 1.79. The highest BCUT2D eigenvalue weighted by atomic mass is 35.5. The van der Waals surface area contributed by atoms with E-state index in [1.165, 1.54) is 12.1 Å². The number of nitrogens with zero attached hydrogens (tertiary/aromatic N) is 2. The molecule has 4 amide bonds. The molecule has 3 N–H and O–H groups in total. The van der Waals surface area contributed by atoms with Gasteiger partial charge in [0.25, 0.3) is 0 Å². The molecule has 0 aromatic heterocycles. The van der Waals surface area contributed by atoms with Gasteiger partial charge in [-0.2, -0.15) is 0 Å². The van der Waals surface area contributed by atoms with Crippen LogP contribution in [0.1, 0.15) is 37.3 Å². The fraction of sp³-hybridized carbons (Fsp3) is 0.448. The van der Waals surface area contributed by atoms with Gasteiger partial charge in [0.05, 0.1) is 12.5 Å². The number of halogens is 2. The summed E-state index contributed by atoms with van der Waals surface area (Å²) in [6, 6.07) is 12.8. The zero-order valence-electron chi connectivity index (χ0n) is 22.8. The molecular formula is C29H37ClFN5O4. The third-order valence-corrected chi connectivity index (χ3v) is 7.57. The highest BCUT2D eigenvalue weighted by Crippen LogP contribution is 2.29. The molecule has 0 saturated carbocycles. The molecule has 0 unspecified atom stereocenters. The second-order valence-electron chi connectivity index (χ2n) is 10.2. The molecule has 0 aliphatic carbocycles. The molecule has 0 bridgehead atoms. The summed E-state index contributed by atoms with van der Waals surface area (Å²) < 4.78 is 13.2. The maximum atomic E-state index is 13.9. The minimum Gasteiger partial charge on any atom is -0.350 e. The second-order valence-corrected chi connectivity index (χ2v) is 10.2. The third-order valence-electron chi connectivity index (χ3n) is 7.57. The Morgan fingerprint density at radius 1 is 1.00 bits per heavy atom. The monoisotopic (exact) mass is 573 g/mol. The van der Waals surface area contributed by atoms with E-state index in [0.29, 0.717) is 25.8 Å². The number of benzene rings is 2. The molecule has 0 radical (unpaired) electrons. The van der Waals surface area contributed by atoms with Crippen LogP contribution < -0.4 is 16.0 Å². The number of hydrogen-bond donors (Lipinski definition) is 3. The third kappa shape index (κ3) is 7.57. The van der Waals surface area contributed by atoms with Crippen LogP contribution in [0, 0.1) is 5.82 Å². The molecule has 2 aromatic carbocycles. The van der Waals surface area contributed by atoms with Crippen molar-refractivity contribution < 1.29 is 23.6 Å². The molecule has 9 nitrogen and oxygen atoms in total. The van der Waals surface area contributed by atoms with E-state index < -0.39 is 18.1 Å². The van der Waals surface area contributed by atoms with Gasteiger partial charge in [0.15, 0.2) is 0 Å². The van der Waals surface area contributed by atoms with Crippen LogP contribution in [0.3, 0.4) is 0 Å². The fourth-order valence-corrected chi connectivity index (χ4v) is 5.19. The molecule has 2 heterocycles. The van der Waals surface area contributed by atoms with Crippen molar-refractivity contribution in [3.05, 3.63) is 71.5 Å². The minimum atomic E-state index is -0.985. The summed E-state index contributed by atoms with van der Waals surface area (Å²) in [4.78, 5) is 56.4. The molecule has 2 aliphatic rings. The molecular weight excluding hydrogens is 537 g/mol. The van der Waals surface area contributed by atoms with E-state index in [2.05, 4.69) is 16.0 Å². The topological polar surface area (TPSA) is 111 Å². The first-order valence-electron chi connectivity index (χ1n) is 13.4. The summed E-state index contributed by atoms with van der Waals surface area (Å²) in [7, 11) is 1.65. The Morgan fingerprint density at radius 2 is 1.70 bits per heavy atom. The van der Waals surface area contributed by atoms with E-state index in [0.717, 1.165) is 11.1 Å². The maximum absolute atomic E-state index is 13.9. The Kier molecular flexibility index (Phi) is 11.0. The first-order chi connectivity index (χ1) is 18.8. The number of amides is 4. The Labute approximate surface area is 240 Å². The number of likely N-dealkylation sites (N-methyl/N-ethyl adjacent to an activating group) is 1. The molecule has 0 spiro atoms. The van der Waals surface area contributed by atoms with Crippen LogP contribution in [0.4, 0.5) is 4.39 Å². The lowest BCUT2D eigenvalue weighted by Crippen LogP contribution is -2.62. The number of nitrogens with one attached hydrogen (secondary N) is 3. The molecule has 2 saturated heterocycles. The quantitative estimate of drug-likeness (QED) is 0.446. The van der Waals surface area contributed by atoms with E-state index >= 15 is 0 Å². The van der Waals surface area contributed by atoms with Crippen molar-refractivity contribution in [2.75, 3.05) is 20.1 Å². The largest absolute Gasteiger partial charge is 0.350 e. The number of rotatable bonds is 8. The fourth-order valence-electron chi connectivity index (χ4n) is 5.19. The molecule has 11 heteroatoms. The van der Waals surface area contributed by atoms with Crippen LogP contribution in [0.5, 0.6) is 0 Å². The van der Waals surface area contributed by atoms with E-state index in [1.54, 1.807) is 35.9 Å². The molecule has 2 aliphatic heterocycles. The van der Waals surface area contributed by atoms with Gasteiger partial charge in [-0.05, 0) is 56.5 Å². The first-order valence-corrected chi connectivity index (χ1v) is 13.4. The second kappa shape index (κ2) is 14.2. The average molecular weight is 574 g/mol. The van der Waals surface area contributed by atoms with Gasteiger partial charge in [-0.1, -0.05) is 42.5 Å². The van der Waals surface area contributed by atoms with Crippen molar-refractivity contribution in [2.24, 2.45) is 0 Å². The zero-order chi connectivity index (χ0) is 27.9. The molecule has 4 atom stereocenters. The summed E-state index contributed by atoms with van der Waals surface area (Å²) in [6.07, 6.45) is 1.85. The summed E-state index contributed by atoms with van der Waals surface area (Å²) >= 11 is 0. The summed E-state index contributed by atoms with van der Waals surface area (Å²) in [5.41, 5.74) is 1.62. The van der Waals surface area contributed by atoms with E-state index in [-0.39, 0.29) is 67.4 Å². The lowest BCUT2D eigenvalue weighted by molar-refractivity contribution is -0.147. The summed E-state index contributed by atoms with van der Waals surface area (Å²) in [5, 5.41) is 8.56.